The van der Waals surface area contributed by atoms with Gasteiger partial charge in [0, 0.05) is 35.9 Å². The Morgan fingerprint density at radius 3 is 2.88 bits per heavy atom. The molecule has 0 radical (unpaired) electrons. The maximum Gasteiger partial charge on any atom is 0.251 e. The second kappa shape index (κ2) is 10.5. The van der Waals surface area contributed by atoms with E-state index >= 15 is 0 Å². The van der Waals surface area contributed by atoms with Crippen LogP contribution in [0.3, 0.4) is 0 Å². The van der Waals surface area contributed by atoms with Gasteiger partial charge >= 0.3 is 0 Å². The Hall–Kier alpha value is -3.30. The molecule has 1 fully saturated rings. The minimum absolute atomic E-state index is 0.00849. The van der Waals surface area contributed by atoms with Crippen LogP contribution in [0.5, 0.6) is 0 Å². The van der Waals surface area contributed by atoms with Crippen molar-refractivity contribution in [1.29, 1.82) is 0 Å². The van der Waals surface area contributed by atoms with Crippen LogP contribution in [0.25, 0.3) is 0 Å². The van der Waals surface area contributed by atoms with Crippen molar-refractivity contribution in [3.8, 4) is 0 Å². The minimum atomic E-state index is -0.923. The third kappa shape index (κ3) is 5.94. The van der Waals surface area contributed by atoms with Crippen molar-refractivity contribution in [2.45, 2.75) is 25.4 Å². The predicted molar refractivity (Wildman–Crippen MR) is 124 cm³/mol. The fraction of sp³-hybridized carbons (Fsp3) is 0.261. The van der Waals surface area contributed by atoms with Gasteiger partial charge in [-0.1, -0.05) is 29.8 Å². The molecule has 4 rings (SSSR count). The monoisotopic (exact) mass is 472 g/mol. The standard InChI is InChI=1S/C23H23ClF2N6O/c24-18-13-29-23(32-21(18)28-11-15-5-2-8-19(25)20(15)26)31-16-6-1-4-14(10-16)22(33)30-17-7-3-9-27-12-17/h1-2,4-6,8,10,13,17,27H,3,7,9,11-12H2,(H,30,33)(H2,28,29,31,32). The molecule has 0 saturated carbocycles. The van der Waals surface area contributed by atoms with E-state index in [0.717, 1.165) is 32.0 Å². The average molecular weight is 473 g/mol. The largest absolute Gasteiger partial charge is 0.364 e. The number of aromatic nitrogens is 2. The first-order chi connectivity index (χ1) is 16.0. The first-order valence-corrected chi connectivity index (χ1v) is 11.0. The van der Waals surface area contributed by atoms with Gasteiger partial charge in [-0.05, 0) is 43.7 Å². The number of carbonyl (C=O) groups excluding carboxylic acids is 1. The summed E-state index contributed by atoms with van der Waals surface area (Å²) >= 11 is 6.15. The Labute approximate surface area is 195 Å². The Kier molecular flexibility index (Phi) is 7.31. The average Bonchev–Trinajstić information content (AvgIpc) is 2.82. The van der Waals surface area contributed by atoms with E-state index in [1.807, 2.05) is 0 Å². The van der Waals surface area contributed by atoms with Gasteiger partial charge < -0.3 is 21.3 Å². The highest BCUT2D eigenvalue weighted by Crippen LogP contribution is 2.23. The number of benzene rings is 2. The zero-order valence-corrected chi connectivity index (χ0v) is 18.4. The molecule has 1 amide bonds. The number of piperidine rings is 1. The summed E-state index contributed by atoms with van der Waals surface area (Å²) in [6, 6.07) is 11.1. The molecule has 4 N–H and O–H groups in total. The number of rotatable bonds is 7. The lowest BCUT2D eigenvalue weighted by Gasteiger charge is -2.23. The van der Waals surface area contributed by atoms with Crippen molar-refractivity contribution in [3.05, 3.63) is 76.4 Å². The van der Waals surface area contributed by atoms with Crippen molar-refractivity contribution in [3.63, 3.8) is 0 Å². The molecule has 1 unspecified atom stereocenters. The molecular weight excluding hydrogens is 450 g/mol. The minimum Gasteiger partial charge on any atom is -0.364 e. The summed E-state index contributed by atoms with van der Waals surface area (Å²) in [6.45, 7) is 1.73. The van der Waals surface area contributed by atoms with Gasteiger partial charge in [0.25, 0.3) is 5.91 Å². The van der Waals surface area contributed by atoms with Crippen LogP contribution in [0.4, 0.5) is 26.2 Å². The molecular formula is C23H23ClF2N6O. The second-order valence-electron chi connectivity index (χ2n) is 7.68. The van der Waals surface area contributed by atoms with Crippen molar-refractivity contribution >= 4 is 35.0 Å². The van der Waals surface area contributed by atoms with Crippen LogP contribution in [-0.4, -0.2) is 35.0 Å². The number of amides is 1. The van der Waals surface area contributed by atoms with Crippen molar-refractivity contribution in [2.24, 2.45) is 0 Å². The van der Waals surface area contributed by atoms with Gasteiger partial charge in [-0.2, -0.15) is 4.98 Å². The van der Waals surface area contributed by atoms with Crippen LogP contribution >= 0.6 is 11.6 Å². The van der Waals surface area contributed by atoms with E-state index in [-0.39, 0.29) is 40.8 Å². The second-order valence-corrected chi connectivity index (χ2v) is 8.09. The van der Waals surface area contributed by atoms with E-state index in [4.69, 9.17) is 11.6 Å². The molecule has 1 saturated heterocycles. The molecule has 1 aliphatic heterocycles. The lowest BCUT2D eigenvalue weighted by Crippen LogP contribution is -2.45. The van der Waals surface area contributed by atoms with E-state index in [0.29, 0.717) is 11.3 Å². The van der Waals surface area contributed by atoms with Gasteiger partial charge in [0.1, 0.15) is 5.02 Å². The summed E-state index contributed by atoms with van der Waals surface area (Å²) in [5, 5.41) is 12.5. The Balaban J connectivity index is 1.43. The van der Waals surface area contributed by atoms with Gasteiger partial charge in [-0.3, -0.25) is 4.79 Å². The number of hydrogen-bond donors (Lipinski definition) is 4. The van der Waals surface area contributed by atoms with Crippen molar-refractivity contribution in [1.82, 2.24) is 20.6 Å². The Morgan fingerprint density at radius 2 is 2.06 bits per heavy atom. The molecule has 7 nitrogen and oxygen atoms in total. The number of nitrogens with one attached hydrogen (secondary N) is 4. The van der Waals surface area contributed by atoms with E-state index < -0.39 is 11.6 Å². The zero-order chi connectivity index (χ0) is 23.2. The number of halogens is 3. The smallest absolute Gasteiger partial charge is 0.251 e. The number of hydrogen-bond acceptors (Lipinski definition) is 6. The molecule has 1 aromatic heterocycles. The number of nitrogens with zero attached hydrogens (tertiary/aromatic N) is 2. The lowest BCUT2D eigenvalue weighted by molar-refractivity contribution is 0.0930. The van der Waals surface area contributed by atoms with Crippen LogP contribution in [0, 0.1) is 11.6 Å². The predicted octanol–water partition coefficient (Wildman–Crippen LogP) is 4.25. The maximum atomic E-state index is 13.9. The molecule has 2 heterocycles. The normalized spacial score (nSPS) is 15.7. The summed E-state index contributed by atoms with van der Waals surface area (Å²) in [5.74, 6) is -1.50. The Morgan fingerprint density at radius 1 is 1.21 bits per heavy atom. The van der Waals surface area contributed by atoms with Crippen molar-refractivity contribution in [2.75, 3.05) is 23.7 Å². The highest BCUT2D eigenvalue weighted by atomic mass is 35.5. The first kappa shape index (κ1) is 22.9. The zero-order valence-electron chi connectivity index (χ0n) is 17.7. The Bertz CT molecular complexity index is 1140. The highest BCUT2D eigenvalue weighted by molar-refractivity contribution is 6.32. The summed E-state index contributed by atoms with van der Waals surface area (Å²) in [4.78, 5) is 21.1. The van der Waals surface area contributed by atoms with E-state index in [9.17, 15) is 13.6 Å². The highest BCUT2D eigenvalue weighted by Gasteiger charge is 2.17. The molecule has 0 bridgehead atoms. The summed E-state index contributed by atoms with van der Waals surface area (Å²) in [6.07, 6.45) is 3.38. The van der Waals surface area contributed by atoms with Gasteiger partial charge in [0.05, 0.1) is 6.20 Å². The molecule has 1 atom stereocenters. The maximum absolute atomic E-state index is 13.9. The summed E-state index contributed by atoms with van der Waals surface area (Å²) in [5.41, 5.74) is 1.28. The fourth-order valence-electron chi connectivity index (χ4n) is 3.53. The van der Waals surface area contributed by atoms with Crippen molar-refractivity contribution < 1.29 is 13.6 Å². The molecule has 0 spiro atoms. The third-order valence-electron chi connectivity index (χ3n) is 5.23. The fourth-order valence-corrected chi connectivity index (χ4v) is 3.68. The van der Waals surface area contributed by atoms with E-state index in [2.05, 4.69) is 31.2 Å². The SMILES string of the molecule is O=C(NC1CCCNC1)c1cccc(Nc2ncc(Cl)c(NCc3cccc(F)c3F)n2)c1. The van der Waals surface area contributed by atoms with Crippen LogP contribution in [0.1, 0.15) is 28.8 Å². The molecule has 10 heteroatoms. The first-order valence-electron chi connectivity index (χ1n) is 10.6. The van der Waals surface area contributed by atoms with Gasteiger partial charge in [-0.15, -0.1) is 0 Å². The molecule has 1 aliphatic rings. The third-order valence-corrected chi connectivity index (χ3v) is 5.51. The van der Waals surface area contributed by atoms with Crippen LogP contribution in [0.2, 0.25) is 5.02 Å². The van der Waals surface area contributed by atoms with Gasteiger partial charge in [0.15, 0.2) is 17.5 Å². The number of carbonyl (C=O) groups is 1. The lowest BCUT2D eigenvalue weighted by atomic mass is 10.1. The van der Waals surface area contributed by atoms with Crippen LogP contribution in [0.15, 0.2) is 48.7 Å². The molecule has 2 aromatic carbocycles. The topological polar surface area (TPSA) is 91.0 Å². The van der Waals surface area contributed by atoms with E-state index in [1.165, 1.54) is 18.3 Å². The molecule has 172 valence electrons. The molecule has 3 aromatic rings. The van der Waals surface area contributed by atoms with Crippen LogP contribution in [-0.2, 0) is 6.54 Å². The quantitative estimate of drug-likeness (QED) is 0.411. The van der Waals surface area contributed by atoms with Crippen LogP contribution < -0.4 is 21.3 Å². The van der Waals surface area contributed by atoms with E-state index in [1.54, 1.807) is 24.3 Å². The molecule has 33 heavy (non-hydrogen) atoms. The summed E-state index contributed by atoms with van der Waals surface area (Å²) in [7, 11) is 0. The van der Waals surface area contributed by atoms with Gasteiger partial charge in [0.2, 0.25) is 5.95 Å². The summed E-state index contributed by atoms with van der Waals surface area (Å²) < 4.78 is 27.3. The van der Waals surface area contributed by atoms with Gasteiger partial charge in [-0.25, -0.2) is 13.8 Å². The molecule has 0 aliphatic carbocycles. The number of anilines is 3.